The van der Waals surface area contributed by atoms with Gasteiger partial charge in [0.05, 0.1) is 5.02 Å². The molecule has 0 spiro atoms. The lowest BCUT2D eigenvalue weighted by Gasteiger charge is -1.97. The van der Waals surface area contributed by atoms with Gasteiger partial charge in [-0.1, -0.05) is 29.9 Å². The van der Waals surface area contributed by atoms with E-state index in [-0.39, 0.29) is 5.02 Å². The Labute approximate surface area is 108 Å². The van der Waals surface area contributed by atoms with Gasteiger partial charge >= 0.3 is 0 Å². The molecule has 0 radical (unpaired) electrons. The summed E-state index contributed by atoms with van der Waals surface area (Å²) in [7, 11) is 0. The van der Waals surface area contributed by atoms with Crippen LogP contribution in [-0.2, 0) is 6.54 Å². The van der Waals surface area contributed by atoms with Gasteiger partial charge in [0, 0.05) is 12.1 Å². The minimum atomic E-state index is -0.423. The highest BCUT2D eigenvalue weighted by molar-refractivity contribution is 7.14. The maximum Gasteiger partial charge on any atom is 0.147 e. The van der Waals surface area contributed by atoms with Crippen molar-refractivity contribution in [1.29, 1.82) is 0 Å². The lowest BCUT2D eigenvalue weighted by Crippen LogP contribution is -2.11. The molecule has 3 nitrogen and oxygen atoms in total. The van der Waals surface area contributed by atoms with Gasteiger partial charge < -0.3 is 5.32 Å². The number of hydrogen-bond donors (Lipinski definition) is 1. The third-order valence-electron chi connectivity index (χ3n) is 2.16. The van der Waals surface area contributed by atoms with Gasteiger partial charge in [-0.25, -0.2) is 4.39 Å². The van der Waals surface area contributed by atoms with Crippen molar-refractivity contribution in [2.24, 2.45) is 0 Å². The van der Waals surface area contributed by atoms with Crippen molar-refractivity contribution in [1.82, 2.24) is 15.5 Å². The maximum absolute atomic E-state index is 13.0. The molecule has 6 heteroatoms. The molecule has 0 fully saturated rings. The fourth-order valence-corrected chi connectivity index (χ4v) is 2.29. The van der Waals surface area contributed by atoms with E-state index in [4.69, 9.17) is 11.6 Å². The second-order valence-corrected chi connectivity index (χ2v) is 4.88. The summed E-state index contributed by atoms with van der Waals surface area (Å²) < 4.78 is 13.0. The Morgan fingerprint density at radius 1 is 1.41 bits per heavy atom. The SMILES string of the molecule is CCNCc1nnc(-c2ccc(F)c(Cl)c2)s1. The molecule has 0 amide bonds. The van der Waals surface area contributed by atoms with E-state index >= 15 is 0 Å². The molecule has 0 saturated heterocycles. The molecule has 0 aliphatic heterocycles. The molecule has 0 bridgehead atoms. The average molecular weight is 272 g/mol. The van der Waals surface area contributed by atoms with Crippen molar-refractivity contribution in [2.75, 3.05) is 6.54 Å². The highest BCUT2D eigenvalue weighted by Crippen LogP contribution is 2.27. The zero-order chi connectivity index (χ0) is 12.3. The second-order valence-electron chi connectivity index (χ2n) is 3.41. The summed E-state index contributed by atoms with van der Waals surface area (Å²) >= 11 is 7.20. The van der Waals surface area contributed by atoms with Gasteiger partial charge in [-0.05, 0) is 24.7 Å². The van der Waals surface area contributed by atoms with Crippen LogP contribution in [0.1, 0.15) is 11.9 Å². The van der Waals surface area contributed by atoms with Crippen molar-refractivity contribution in [3.8, 4) is 10.6 Å². The molecule has 1 aromatic heterocycles. The van der Waals surface area contributed by atoms with Crippen LogP contribution in [0, 0.1) is 5.82 Å². The number of rotatable bonds is 4. The highest BCUT2D eigenvalue weighted by atomic mass is 35.5. The highest BCUT2D eigenvalue weighted by Gasteiger charge is 2.08. The molecule has 90 valence electrons. The maximum atomic E-state index is 13.0. The van der Waals surface area contributed by atoms with Gasteiger partial charge in [-0.2, -0.15) is 0 Å². The molecular weight excluding hydrogens is 261 g/mol. The fraction of sp³-hybridized carbons (Fsp3) is 0.273. The zero-order valence-corrected chi connectivity index (χ0v) is 10.8. The molecule has 1 N–H and O–H groups in total. The summed E-state index contributed by atoms with van der Waals surface area (Å²) in [6, 6.07) is 4.55. The van der Waals surface area contributed by atoms with Gasteiger partial charge in [0.1, 0.15) is 15.8 Å². The van der Waals surface area contributed by atoms with E-state index in [0.717, 1.165) is 22.1 Å². The minimum absolute atomic E-state index is 0.103. The lowest BCUT2D eigenvalue weighted by molar-refractivity contribution is 0.628. The van der Waals surface area contributed by atoms with Crippen LogP contribution in [0.25, 0.3) is 10.6 Å². The Morgan fingerprint density at radius 2 is 2.24 bits per heavy atom. The minimum Gasteiger partial charge on any atom is -0.311 e. The predicted octanol–water partition coefficient (Wildman–Crippen LogP) is 3.11. The second kappa shape index (κ2) is 5.53. The van der Waals surface area contributed by atoms with Gasteiger partial charge in [0.25, 0.3) is 0 Å². The zero-order valence-electron chi connectivity index (χ0n) is 9.20. The van der Waals surface area contributed by atoms with E-state index in [1.54, 1.807) is 12.1 Å². The first-order valence-corrected chi connectivity index (χ1v) is 6.38. The number of nitrogens with zero attached hydrogens (tertiary/aromatic N) is 2. The van der Waals surface area contributed by atoms with Crippen LogP contribution in [0.2, 0.25) is 5.02 Å². The molecule has 17 heavy (non-hydrogen) atoms. The van der Waals surface area contributed by atoms with E-state index in [2.05, 4.69) is 15.5 Å². The van der Waals surface area contributed by atoms with Crippen LogP contribution >= 0.6 is 22.9 Å². The quantitative estimate of drug-likeness (QED) is 0.929. The number of nitrogens with one attached hydrogen (secondary N) is 1. The smallest absolute Gasteiger partial charge is 0.147 e. The van der Waals surface area contributed by atoms with Crippen LogP contribution in [0.4, 0.5) is 4.39 Å². The van der Waals surface area contributed by atoms with Gasteiger partial charge in [0.2, 0.25) is 0 Å². The van der Waals surface area contributed by atoms with Crippen molar-refractivity contribution >= 4 is 22.9 Å². The molecule has 2 rings (SSSR count). The molecule has 0 atom stereocenters. The standard InChI is InChI=1S/C11H11ClFN3S/c1-2-14-6-10-15-16-11(17-10)7-3-4-9(13)8(12)5-7/h3-5,14H,2,6H2,1H3. The van der Waals surface area contributed by atoms with Crippen molar-refractivity contribution < 1.29 is 4.39 Å². The summed E-state index contributed by atoms with van der Waals surface area (Å²) in [5.74, 6) is -0.423. The number of hydrogen-bond acceptors (Lipinski definition) is 4. The fourth-order valence-electron chi connectivity index (χ4n) is 1.30. The van der Waals surface area contributed by atoms with Gasteiger partial charge in [0.15, 0.2) is 0 Å². The van der Waals surface area contributed by atoms with Crippen LogP contribution in [0.5, 0.6) is 0 Å². The Balaban J connectivity index is 2.21. The normalized spacial score (nSPS) is 10.8. The lowest BCUT2D eigenvalue weighted by atomic mass is 10.2. The van der Waals surface area contributed by atoms with Crippen molar-refractivity contribution in [3.63, 3.8) is 0 Å². The number of benzene rings is 1. The van der Waals surface area contributed by atoms with Crippen LogP contribution < -0.4 is 5.32 Å². The van der Waals surface area contributed by atoms with Crippen LogP contribution in [0.3, 0.4) is 0 Å². The van der Waals surface area contributed by atoms with Crippen molar-refractivity contribution in [3.05, 3.63) is 34.0 Å². The van der Waals surface area contributed by atoms with Gasteiger partial charge in [-0.3, -0.25) is 0 Å². The molecule has 0 aliphatic carbocycles. The molecule has 1 heterocycles. The summed E-state index contributed by atoms with van der Waals surface area (Å²) in [5.41, 5.74) is 0.789. The average Bonchev–Trinajstić information content (AvgIpc) is 2.79. The Kier molecular flexibility index (Phi) is 4.04. The summed E-state index contributed by atoms with van der Waals surface area (Å²) in [4.78, 5) is 0. The first-order chi connectivity index (χ1) is 8.20. The topological polar surface area (TPSA) is 37.8 Å². The summed E-state index contributed by atoms with van der Waals surface area (Å²) in [6.07, 6.45) is 0. The molecule has 0 aliphatic rings. The van der Waals surface area contributed by atoms with E-state index in [0.29, 0.717) is 6.54 Å². The molecule has 0 saturated carbocycles. The first kappa shape index (κ1) is 12.4. The largest absolute Gasteiger partial charge is 0.311 e. The van der Waals surface area contributed by atoms with Crippen LogP contribution in [-0.4, -0.2) is 16.7 Å². The van der Waals surface area contributed by atoms with E-state index < -0.39 is 5.82 Å². The van der Waals surface area contributed by atoms with Crippen LogP contribution in [0.15, 0.2) is 18.2 Å². The number of halogens is 2. The monoisotopic (exact) mass is 271 g/mol. The first-order valence-electron chi connectivity index (χ1n) is 5.19. The van der Waals surface area contributed by atoms with E-state index in [1.165, 1.54) is 17.4 Å². The third kappa shape index (κ3) is 3.00. The number of aromatic nitrogens is 2. The molecule has 2 aromatic rings. The summed E-state index contributed by atoms with van der Waals surface area (Å²) in [5, 5.41) is 13.0. The Hall–Kier alpha value is -1.04. The molecule has 1 aromatic carbocycles. The van der Waals surface area contributed by atoms with Crippen molar-refractivity contribution in [2.45, 2.75) is 13.5 Å². The third-order valence-corrected chi connectivity index (χ3v) is 3.42. The predicted molar refractivity (Wildman–Crippen MR) is 67.7 cm³/mol. The Morgan fingerprint density at radius 3 is 2.94 bits per heavy atom. The molecule has 0 unspecified atom stereocenters. The van der Waals surface area contributed by atoms with E-state index in [1.807, 2.05) is 6.92 Å². The Bertz CT molecular complexity index is 515. The molecular formula is C11H11ClFN3S. The summed E-state index contributed by atoms with van der Waals surface area (Å²) in [6.45, 7) is 3.61. The van der Waals surface area contributed by atoms with E-state index in [9.17, 15) is 4.39 Å². The van der Waals surface area contributed by atoms with Gasteiger partial charge in [-0.15, -0.1) is 10.2 Å².